The van der Waals surface area contributed by atoms with E-state index in [1.807, 2.05) is 0 Å². The molecule has 2 aliphatic heterocycles. The van der Waals surface area contributed by atoms with E-state index in [1.54, 1.807) is 0 Å². The Morgan fingerprint density at radius 2 is 1.22 bits per heavy atom. The topological polar surface area (TPSA) is 228 Å². The first-order chi connectivity index (χ1) is 23.7. The highest BCUT2D eigenvalue weighted by Crippen LogP contribution is 2.67. The number of fused-ring (bicyclic) bond motifs is 5. The summed E-state index contributed by atoms with van der Waals surface area (Å²) < 4.78 is 32.2. The summed E-state index contributed by atoms with van der Waals surface area (Å²) in [4.78, 5) is 37.9. The molecule has 284 valence electrons. The van der Waals surface area contributed by atoms with E-state index < -0.39 is 73.4 Å². The van der Waals surface area contributed by atoms with E-state index in [1.165, 1.54) is 0 Å². The summed E-state index contributed by atoms with van der Waals surface area (Å²) in [6.07, 6.45) is -8.08. The van der Waals surface area contributed by atoms with E-state index in [0.717, 1.165) is 65.6 Å². The number of hydrogen-bond acceptors (Lipinski definition) is 15. The normalized spacial score (nSPS) is 50.4. The zero-order valence-electron chi connectivity index (χ0n) is 29.2. The largest absolute Gasteiger partial charge is 0.467 e. The first-order valence-electron chi connectivity index (χ1n) is 18.0. The standard InChI is InChI=1S/C35H54O15/c1-34-11-9-16(48-33-27(42)23(38)25(40)29(50-33)31(44)46-4)13-15(34)5-6-17-18-7-8-20(35(18,2)12-10-19(17)34)21(36)14-47-32-26(41)22(37)24(39)28(49-32)30(43)45-3/h15-20,22-29,32-33,37-42H,5-14H2,1-4H3/t15-,16-,17+,18-,19+,20+,22-,23+,24-,25+,26+,27-,28+,29-,32+,33-,34-,35+/m1/s1. The van der Waals surface area contributed by atoms with E-state index in [9.17, 15) is 45.0 Å². The van der Waals surface area contributed by atoms with Crippen LogP contribution in [0, 0.1) is 40.4 Å². The van der Waals surface area contributed by atoms with E-state index in [0.29, 0.717) is 30.1 Å². The van der Waals surface area contributed by atoms with Crippen LogP contribution in [-0.4, -0.2) is 137 Å². The maximum absolute atomic E-state index is 13.7. The van der Waals surface area contributed by atoms with Crippen LogP contribution in [0.3, 0.4) is 0 Å². The van der Waals surface area contributed by atoms with Crippen LogP contribution < -0.4 is 0 Å². The van der Waals surface area contributed by atoms with E-state index in [2.05, 4.69) is 18.6 Å². The van der Waals surface area contributed by atoms with Gasteiger partial charge in [0.25, 0.3) is 0 Å². The lowest BCUT2D eigenvalue weighted by Crippen LogP contribution is -2.61. The molecule has 15 heteroatoms. The third-order valence-electron chi connectivity index (χ3n) is 13.7. The summed E-state index contributed by atoms with van der Waals surface area (Å²) in [5.41, 5.74) is -0.168. The molecule has 0 radical (unpaired) electrons. The number of ether oxygens (including phenoxy) is 6. The van der Waals surface area contributed by atoms with Gasteiger partial charge >= 0.3 is 11.9 Å². The number of methoxy groups -OCH3 is 2. The van der Waals surface area contributed by atoms with Gasteiger partial charge in [0.2, 0.25) is 0 Å². The van der Waals surface area contributed by atoms with Gasteiger partial charge in [-0.1, -0.05) is 13.8 Å². The zero-order valence-corrected chi connectivity index (χ0v) is 29.2. The molecule has 6 aliphatic rings. The molecule has 6 N–H and O–H groups in total. The number of hydrogen-bond donors (Lipinski definition) is 6. The molecule has 0 aromatic carbocycles. The Morgan fingerprint density at radius 1 is 0.660 bits per heavy atom. The fourth-order valence-corrected chi connectivity index (χ4v) is 10.9. The molecule has 15 nitrogen and oxygen atoms in total. The van der Waals surface area contributed by atoms with Gasteiger partial charge in [-0.25, -0.2) is 9.59 Å². The molecule has 2 saturated heterocycles. The lowest BCUT2D eigenvalue weighted by molar-refractivity contribution is -0.310. The second-order valence-electron chi connectivity index (χ2n) is 16.0. The van der Waals surface area contributed by atoms with Crippen LogP contribution in [0.25, 0.3) is 0 Å². The maximum Gasteiger partial charge on any atom is 0.337 e. The van der Waals surface area contributed by atoms with Gasteiger partial charge < -0.3 is 59.1 Å². The van der Waals surface area contributed by atoms with Gasteiger partial charge in [0, 0.05) is 5.92 Å². The smallest absolute Gasteiger partial charge is 0.337 e. The number of aliphatic hydroxyl groups excluding tert-OH is 6. The van der Waals surface area contributed by atoms with Crippen LogP contribution in [0.1, 0.15) is 71.6 Å². The Morgan fingerprint density at radius 3 is 1.84 bits per heavy atom. The minimum atomic E-state index is -1.72. The average molecular weight is 715 g/mol. The van der Waals surface area contributed by atoms with Crippen LogP contribution in [0.5, 0.6) is 0 Å². The Kier molecular flexibility index (Phi) is 11.1. The van der Waals surface area contributed by atoms with Crippen LogP contribution in [-0.2, 0) is 42.8 Å². The van der Waals surface area contributed by atoms with Gasteiger partial charge in [-0.15, -0.1) is 0 Å². The quantitative estimate of drug-likeness (QED) is 0.139. The molecule has 4 saturated carbocycles. The highest BCUT2D eigenvalue weighted by Gasteiger charge is 2.62. The minimum absolute atomic E-state index is 0.0572. The van der Waals surface area contributed by atoms with Crippen molar-refractivity contribution in [2.45, 2.75) is 139 Å². The SMILES string of the molecule is COC(=O)[C@H]1O[C@H](OCC(=O)[C@@H]2CC[C@@H]3[C@@H]4CC[C@@H]5C[C@H](O[C@@H]6O[C@@H](C(=O)OC)[C@@H](O)[C@H](O)[C@H]6O)CC[C@@]5(C)[C@H]4CC[C@@]32C)[C@@H](O)[C@H](O)[C@H]1O. The number of carbonyl (C=O) groups excluding carboxylic acids is 3. The second-order valence-corrected chi connectivity index (χ2v) is 16.0. The number of aliphatic hydroxyl groups is 6. The highest BCUT2D eigenvalue weighted by atomic mass is 16.7. The van der Waals surface area contributed by atoms with Crippen molar-refractivity contribution in [3.05, 3.63) is 0 Å². The maximum atomic E-state index is 13.7. The minimum Gasteiger partial charge on any atom is -0.467 e. The second kappa shape index (κ2) is 14.6. The summed E-state index contributed by atoms with van der Waals surface area (Å²) in [5.74, 6) is -0.515. The summed E-state index contributed by atoms with van der Waals surface area (Å²) in [7, 11) is 2.26. The molecule has 0 aromatic heterocycles. The van der Waals surface area contributed by atoms with Crippen molar-refractivity contribution in [1.82, 2.24) is 0 Å². The molecule has 4 aliphatic carbocycles. The van der Waals surface area contributed by atoms with Crippen molar-refractivity contribution in [2.75, 3.05) is 20.8 Å². The molecular formula is C35H54O15. The number of carbonyl (C=O) groups is 3. The number of esters is 2. The van der Waals surface area contributed by atoms with Gasteiger partial charge in [-0.3, -0.25) is 4.79 Å². The number of ketones is 1. The van der Waals surface area contributed by atoms with E-state index >= 15 is 0 Å². The molecule has 2 heterocycles. The van der Waals surface area contributed by atoms with Crippen LogP contribution >= 0.6 is 0 Å². The molecule has 0 aromatic rings. The fourth-order valence-electron chi connectivity index (χ4n) is 10.9. The first-order valence-corrected chi connectivity index (χ1v) is 18.0. The van der Waals surface area contributed by atoms with Crippen LogP contribution in [0.4, 0.5) is 0 Å². The summed E-state index contributed by atoms with van der Waals surface area (Å²) in [6, 6.07) is 0. The highest BCUT2D eigenvalue weighted by molar-refractivity contribution is 5.83. The van der Waals surface area contributed by atoms with Gasteiger partial charge in [-0.2, -0.15) is 0 Å². The Labute approximate surface area is 291 Å². The van der Waals surface area contributed by atoms with E-state index in [-0.39, 0.29) is 35.2 Å². The van der Waals surface area contributed by atoms with Crippen LogP contribution in [0.2, 0.25) is 0 Å². The Bertz CT molecular complexity index is 1260. The molecule has 0 unspecified atom stereocenters. The summed E-state index contributed by atoms with van der Waals surface area (Å²) in [5, 5.41) is 62.1. The number of rotatable bonds is 8. The van der Waals surface area contributed by atoms with Crippen molar-refractivity contribution >= 4 is 17.7 Å². The van der Waals surface area contributed by atoms with Gasteiger partial charge in [0.15, 0.2) is 30.6 Å². The summed E-state index contributed by atoms with van der Waals surface area (Å²) >= 11 is 0. The van der Waals surface area contributed by atoms with Crippen molar-refractivity contribution in [1.29, 1.82) is 0 Å². The predicted octanol–water partition coefficient (Wildman–Crippen LogP) is -0.423. The predicted molar refractivity (Wildman–Crippen MR) is 168 cm³/mol. The van der Waals surface area contributed by atoms with Crippen molar-refractivity contribution in [3.8, 4) is 0 Å². The molecule has 0 spiro atoms. The third-order valence-corrected chi connectivity index (χ3v) is 13.7. The lowest BCUT2D eigenvalue weighted by atomic mass is 9.44. The Balaban J connectivity index is 1.06. The van der Waals surface area contributed by atoms with Crippen LogP contribution in [0.15, 0.2) is 0 Å². The summed E-state index contributed by atoms with van der Waals surface area (Å²) in [6.45, 7) is 4.22. The first kappa shape index (κ1) is 38.0. The molecule has 0 bridgehead atoms. The monoisotopic (exact) mass is 714 g/mol. The van der Waals surface area contributed by atoms with E-state index in [4.69, 9.17) is 23.7 Å². The third kappa shape index (κ3) is 6.43. The van der Waals surface area contributed by atoms with Gasteiger partial charge in [0.1, 0.15) is 43.2 Å². The molecular weight excluding hydrogens is 660 g/mol. The molecule has 0 amide bonds. The molecule has 50 heavy (non-hydrogen) atoms. The molecule has 6 rings (SSSR count). The van der Waals surface area contributed by atoms with Crippen molar-refractivity contribution in [3.63, 3.8) is 0 Å². The van der Waals surface area contributed by atoms with Crippen molar-refractivity contribution in [2.24, 2.45) is 40.4 Å². The molecule has 6 fully saturated rings. The molecule has 18 atom stereocenters. The van der Waals surface area contributed by atoms with Gasteiger partial charge in [0.05, 0.1) is 20.3 Å². The Hall–Kier alpha value is -1.79. The number of Topliss-reactive ketones (excluding diaryl/α,β-unsaturated/α-hetero) is 1. The lowest BCUT2D eigenvalue weighted by Gasteiger charge is -2.61. The van der Waals surface area contributed by atoms with Gasteiger partial charge in [-0.05, 0) is 92.3 Å². The fraction of sp³-hybridized carbons (Fsp3) is 0.914. The average Bonchev–Trinajstić information content (AvgIpc) is 3.47. The zero-order chi connectivity index (χ0) is 36.3. The van der Waals surface area contributed by atoms with Crippen molar-refractivity contribution < 1.29 is 73.4 Å².